The van der Waals surface area contributed by atoms with Gasteiger partial charge in [-0.05, 0) is 31.5 Å². The summed E-state index contributed by atoms with van der Waals surface area (Å²) in [6.45, 7) is 4.61. The summed E-state index contributed by atoms with van der Waals surface area (Å²) in [5, 5.41) is 6.54. The molecular weight excluding hydrogens is 271 g/mol. The van der Waals surface area contributed by atoms with Crippen molar-refractivity contribution in [2.24, 2.45) is 0 Å². The van der Waals surface area contributed by atoms with E-state index in [1.807, 2.05) is 25.3 Å². The van der Waals surface area contributed by atoms with E-state index >= 15 is 0 Å². The Labute approximate surface area is 115 Å². The van der Waals surface area contributed by atoms with Gasteiger partial charge in [0.2, 0.25) is 0 Å². The van der Waals surface area contributed by atoms with Crippen LogP contribution in [0.1, 0.15) is 29.2 Å². The molecule has 1 aromatic carbocycles. The maximum Gasteiger partial charge on any atom is 0.142 e. The first-order valence-electron chi connectivity index (χ1n) is 5.65. The van der Waals surface area contributed by atoms with Gasteiger partial charge in [-0.25, -0.2) is 9.37 Å². The van der Waals surface area contributed by atoms with Crippen LogP contribution in [0.15, 0.2) is 23.6 Å². The van der Waals surface area contributed by atoms with Gasteiger partial charge in [0, 0.05) is 17.6 Å². The Morgan fingerprint density at radius 1 is 1.50 bits per heavy atom. The smallest absolute Gasteiger partial charge is 0.142 e. The number of aromatic nitrogens is 1. The molecule has 0 radical (unpaired) electrons. The topological polar surface area (TPSA) is 24.9 Å². The third kappa shape index (κ3) is 3.28. The maximum absolute atomic E-state index is 13.3. The van der Waals surface area contributed by atoms with E-state index in [1.54, 1.807) is 17.4 Å². The molecule has 1 N–H and O–H groups in total. The molecule has 18 heavy (non-hydrogen) atoms. The molecule has 2 nitrogen and oxygen atoms in total. The highest BCUT2D eigenvalue weighted by Crippen LogP contribution is 2.19. The molecule has 1 aromatic heterocycles. The second kappa shape index (κ2) is 5.78. The minimum absolute atomic E-state index is 0.155. The fraction of sp³-hybridized carbons (Fsp3) is 0.308. The van der Waals surface area contributed by atoms with Crippen LogP contribution in [0.25, 0.3) is 0 Å². The Morgan fingerprint density at radius 3 is 2.89 bits per heavy atom. The van der Waals surface area contributed by atoms with Crippen molar-refractivity contribution in [3.05, 3.63) is 50.7 Å². The van der Waals surface area contributed by atoms with Crippen molar-refractivity contribution < 1.29 is 4.39 Å². The molecule has 0 fully saturated rings. The van der Waals surface area contributed by atoms with Crippen LogP contribution in [0.2, 0.25) is 5.02 Å². The average molecular weight is 285 g/mol. The van der Waals surface area contributed by atoms with Crippen molar-refractivity contribution in [1.82, 2.24) is 10.3 Å². The van der Waals surface area contributed by atoms with Crippen LogP contribution in [0.3, 0.4) is 0 Å². The van der Waals surface area contributed by atoms with Crippen molar-refractivity contribution in [1.29, 1.82) is 0 Å². The highest BCUT2D eigenvalue weighted by Gasteiger charge is 2.09. The van der Waals surface area contributed by atoms with Gasteiger partial charge < -0.3 is 5.32 Å². The van der Waals surface area contributed by atoms with Gasteiger partial charge in [-0.15, -0.1) is 11.3 Å². The number of thiazole rings is 1. The summed E-state index contributed by atoms with van der Waals surface area (Å²) >= 11 is 7.27. The molecule has 0 amide bonds. The SMILES string of the molecule is Cc1csc(C(C)NCc2ccc(Cl)c(F)c2)n1. The summed E-state index contributed by atoms with van der Waals surface area (Å²) < 4.78 is 13.3. The standard InChI is InChI=1S/C13H14ClFN2S/c1-8-7-18-13(17-8)9(2)16-6-10-3-4-11(14)12(15)5-10/h3-5,7,9,16H,6H2,1-2H3. The molecule has 0 spiro atoms. The number of benzene rings is 1. The molecule has 5 heteroatoms. The van der Waals surface area contributed by atoms with Gasteiger partial charge in [0.25, 0.3) is 0 Å². The van der Waals surface area contributed by atoms with Gasteiger partial charge in [0.05, 0.1) is 11.1 Å². The Kier molecular flexibility index (Phi) is 4.32. The van der Waals surface area contributed by atoms with Crippen molar-refractivity contribution >= 4 is 22.9 Å². The normalized spacial score (nSPS) is 12.7. The fourth-order valence-corrected chi connectivity index (χ4v) is 2.52. The molecule has 0 saturated carbocycles. The van der Waals surface area contributed by atoms with E-state index in [0.29, 0.717) is 6.54 Å². The van der Waals surface area contributed by atoms with Crippen LogP contribution < -0.4 is 5.32 Å². The van der Waals surface area contributed by atoms with Crippen molar-refractivity contribution in [2.45, 2.75) is 26.4 Å². The maximum atomic E-state index is 13.3. The lowest BCUT2D eigenvalue weighted by atomic mass is 10.2. The third-order valence-electron chi connectivity index (χ3n) is 2.60. The quantitative estimate of drug-likeness (QED) is 0.914. The minimum atomic E-state index is -0.381. The van der Waals surface area contributed by atoms with Crippen molar-refractivity contribution in [3.8, 4) is 0 Å². The molecule has 0 saturated heterocycles. The fourth-order valence-electron chi connectivity index (χ4n) is 1.58. The predicted molar refractivity (Wildman–Crippen MR) is 73.5 cm³/mol. The molecule has 96 valence electrons. The predicted octanol–water partition coefficient (Wildman–Crippen LogP) is 4.09. The van der Waals surface area contributed by atoms with Crippen LogP contribution >= 0.6 is 22.9 Å². The highest BCUT2D eigenvalue weighted by atomic mass is 35.5. The number of hydrogen-bond acceptors (Lipinski definition) is 3. The molecule has 2 aromatic rings. The summed E-state index contributed by atoms with van der Waals surface area (Å²) in [5.41, 5.74) is 1.90. The first-order valence-corrected chi connectivity index (χ1v) is 6.91. The molecular formula is C13H14ClFN2S. The molecule has 2 rings (SSSR count). The number of nitrogens with one attached hydrogen (secondary N) is 1. The number of aryl methyl sites for hydroxylation is 1. The van der Waals surface area contributed by atoms with Gasteiger partial charge in [-0.1, -0.05) is 17.7 Å². The van der Waals surface area contributed by atoms with Crippen molar-refractivity contribution in [3.63, 3.8) is 0 Å². The van der Waals surface area contributed by atoms with Crippen LogP contribution in [-0.2, 0) is 6.54 Å². The molecule has 1 atom stereocenters. The Bertz CT molecular complexity index is 542. The molecule has 0 aliphatic carbocycles. The number of nitrogens with zero attached hydrogens (tertiary/aromatic N) is 1. The lowest BCUT2D eigenvalue weighted by Crippen LogP contribution is -2.18. The number of halogens is 2. The Morgan fingerprint density at radius 2 is 2.28 bits per heavy atom. The van der Waals surface area contributed by atoms with Crippen molar-refractivity contribution in [2.75, 3.05) is 0 Å². The lowest BCUT2D eigenvalue weighted by molar-refractivity contribution is 0.566. The minimum Gasteiger partial charge on any atom is -0.304 e. The van der Waals surface area contributed by atoms with Gasteiger partial charge in [0.15, 0.2) is 0 Å². The van der Waals surface area contributed by atoms with Gasteiger partial charge in [-0.2, -0.15) is 0 Å². The van der Waals surface area contributed by atoms with E-state index in [-0.39, 0.29) is 16.9 Å². The molecule has 0 bridgehead atoms. The van der Waals surface area contributed by atoms with Crippen LogP contribution in [0.4, 0.5) is 4.39 Å². The summed E-state index contributed by atoms with van der Waals surface area (Å²) in [6, 6.07) is 5.00. The summed E-state index contributed by atoms with van der Waals surface area (Å²) in [4.78, 5) is 4.42. The zero-order valence-corrected chi connectivity index (χ0v) is 11.8. The van der Waals surface area contributed by atoms with Gasteiger partial charge in [-0.3, -0.25) is 0 Å². The Balaban J connectivity index is 1.97. The zero-order valence-electron chi connectivity index (χ0n) is 10.2. The second-order valence-electron chi connectivity index (χ2n) is 4.18. The summed E-state index contributed by atoms with van der Waals surface area (Å²) in [5.74, 6) is -0.381. The summed E-state index contributed by atoms with van der Waals surface area (Å²) in [7, 11) is 0. The van der Waals surface area contributed by atoms with E-state index in [2.05, 4.69) is 10.3 Å². The van der Waals surface area contributed by atoms with Gasteiger partial charge in [0.1, 0.15) is 10.8 Å². The lowest BCUT2D eigenvalue weighted by Gasteiger charge is -2.11. The van der Waals surface area contributed by atoms with E-state index < -0.39 is 0 Å². The first kappa shape index (κ1) is 13.5. The summed E-state index contributed by atoms with van der Waals surface area (Å²) in [6.07, 6.45) is 0. The molecule has 1 heterocycles. The van der Waals surface area contributed by atoms with Gasteiger partial charge >= 0.3 is 0 Å². The van der Waals surface area contributed by atoms with E-state index in [9.17, 15) is 4.39 Å². The number of hydrogen-bond donors (Lipinski definition) is 1. The third-order valence-corrected chi connectivity index (χ3v) is 4.06. The Hall–Kier alpha value is -0.970. The van der Waals surface area contributed by atoms with E-state index in [0.717, 1.165) is 16.3 Å². The van der Waals surface area contributed by atoms with E-state index in [1.165, 1.54) is 6.07 Å². The highest BCUT2D eigenvalue weighted by molar-refractivity contribution is 7.09. The second-order valence-corrected chi connectivity index (χ2v) is 5.48. The number of rotatable bonds is 4. The monoisotopic (exact) mass is 284 g/mol. The first-order chi connectivity index (χ1) is 8.56. The van der Waals surface area contributed by atoms with E-state index in [4.69, 9.17) is 11.6 Å². The van der Waals surface area contributed by atoms with Crippen LogP contribution in [0.5, 0.6) is 0 Å². The zero-order chi connectivity index (χ0) is 13.1. The van der Waals surface area contributed by atoms with Crippen LogP contribution in [-0.4, -0.2) is 4.98 Å². The van der Waals surface area contributed by atoms with Crippen LogP contribution in [0, 0.1) is 12.7 Å². The average Bonchev–Trinajstić information content (AvgIpc) is 2.77. The largest absolute Gasteiger partial charge is 0.304 e. The molecule has 0 aliphatic heterocycles. The molecule has 0 aliphatic rings. The molecule has 1 unspecified atom stereocenters.